The highest BCUT2D eigenvalue weighted by Crippen LogP contribution is 2.12. The molecule has 1 atom stereocenters. The van der Waals surface area contributed by atoms with Crippen molar-refractivity contribution in [3.05, 3.63) is 0 Å². The molecule has 8 heteroatoms. The van der Waals surface area contributed by atoms with E-state index in [1.165, 1.54) is 44.9 Å². The molecule has 0 aromatic heterocycles. The monoisotopic (exact) mass is 383 g/mol. The van der Waals surface area contributed by atoms with Crippen molar-refractivity contribution in [2.45, 2.75) is 84.2 Å². The summed E-state index contributed by atoms with van der Waals surface area (Å²) >= 11 is 0. The molecule has 0 aliphatic carbocycles. The fourth-order valence-electron chi connectivity index (χ4n) is 2.46. The second-order valence-corrected chi connectivity index (χ2v) is 7.40. The minimum Gasteiger partial charge on any atom is -0.379 e. The first kappa shape index (κ1) is 24.8. The second kappa shape index (κ2) is 17.2. The van der Waals surface area contributed by atoms with Gasteiger partial charge in [0.15, 0.2) is 0 Å². The van der Waals surface area contributed by atoms with Gasteiger partial charge >= 0.3 is 10.4 Å². The van der Waals surface area contributed by atoms with Crippen LogP contribution >= 0.6 is 0 Å². The molecule has 0 amide bonds. The molecule has 152 valence electrons. The molecule has 1 unspecified atom stereocenters. The molecule has 0 saturated heterocycles. The van der Waals surface area contributed by atoms with Crippen LogP contribution in [0.15, 0.2) is 0 Å². The molecule has 0 fully saturated rings. The maximum Gasteiger partial charge on any atom is 0.415 e. The van der Waals surface area contributed by atoms with E-state index >= 15 is 0 Å². The van der Waals surface area contributed by atoms with Gasteiger partial charge in [-0.15, -0.1) is 0 Å². The first-order valence-corrected chi connectivity index (χ1v) is 10.9. The van der Waals surface area contributed by atoms with Crippen LogP contribution in [-0.2, 0) is 28.3 Å². The molecule has 2 N–H and O–H groups in total. The van der Waals surface area contributed by atoms with Gasteiger partial charge in [0.2, 0.25) is 0 Å². The molecule has 0 aromatic rings. The maximum absolute atomic E-state index is 10.9. The summed E-state index contributed by atoms with van der Waals surface area (Å²) in [6, 6.07) is 0. The highest BCUT2D eigenvalue weighted by Gasteiger charge is 2.12. The van der Waals surface area contributed by atoms with Gasteiger partial charge in [-0.05, 0) is 12.8 Å². The van der Waals surface area contributed by atoms with E-state index in [1.807, 2.05) is 0 Å². The first-order chi connectivity index (χ1) is 12.1. The summed E-state index contributed by atoms with van der Waals surface area (Å²) in [5, 5.41) is 0. The third-order valence-corrected chi connectivity index (χ3v) is 4.51. The Morgan fingerprint density at radius 3 is 2.08 bits per heavy atom. The maximum atomic E-state index is 10.9. The number of hydrogen-bond acceptors (Lipinski definition) is 7. The van der Waals surface area contributed by atoms with Crippen LogP contribution in [0.4, 0.5) is 0 Å². The average Bonchev–Trinajstić information content (AvgIpc) is 2.60. The minimum absolute atomic E-state index is 0.0447. The Bertz CT molecular complexity index is 377. The fraction of sp³-hybridized carbons (Fsp3) is 1.00. The molecule has 0 bridgehead atoms. The average molecular weight is 384 g/mol. The highest BCUT2D eigenvalue weighted by molar-refractivity contribution is 7.81. The van der Waals surface area contributed by atoms with Crippen molar-refractivity contribution < 1.29 is 26.4 Å². The van der Waals surface area contributed by atoms with Crippen molar-refractivity contribution in [1.29, 1.82) is 0 Å². The molecule has 0 rings (SSSR count). The Labute approximate surface area is 153 Å². The summed E-state index contributed by atoms with van der Waals surface area (Å²) in [5.74, 6) is 4.59. The third-order valence-electron chi connectivity index (χ3n) is 3.81. The molecular weight excluding hydrogens is 346 g/mol. The summed E-state index contributed by atoms with van der Waals surface area (Å²) in [7, 11) is -4.11. The number of hydrogen-bond donors (Lipinski definition) is 1. The van der Waals surface area contributed by atoms with Gasteiger partial charge in [0, 0.05) is 6.61 Å². The van der Waals surface area contributed by atoms with Crippen LogP contribution in [0.1, 0.15) is 78.1 Å². The van der Waals surface area contributed by atoms with Crippen LogP contribution in [0, 0.1) is 0 Å². The molecule has 7 nitrogen and oxygen atoms in total. The van der Waals surface area contributed by atoms with Gasteiger partial charge in [-0.2, -0.15) is 18.6 Å². The van der Waals surface area contributed by atoms with E-state index < -0.39 is 10.4 Å². The smallest absolute Gasteiger partial charge is 0.379 e. The Balaban J connectivity index is 3.85. The third kappa shape index (κ3) is 16.9. The van der Waals surface area contributed by atoms with Crippen molar-refractivity contribution in [1.82, 2.24) is 0 Å². The van der Waals surface area contributed by atoms with Gasteiger partial charge in [-0.25, -0.2) is 4.18 Å². The lowest BCUT2D eigenvalue weighted by atomic mass is 10.1. The van der Waals surface area contributed by atoms with Crippen molar-refractivity contribution in [3.63, 3.8) is 0 Å². The van der Waals surface area contributed by atoms with Gasteiger partial charge < -0.3 is 9.47 Å². The minimum atomic E-state index is -4.11. The van der Waals surface area contributed by atoms with Gasteiger partial charge in [0.05, 0.1) is 25.9 Å². The van der Waals surface area contributed by atoms with Crippen LogP contribution in [0.3, 0.4) is 0 Å². The van der Waals surface area contributed by atoms with Gasteiger partial charge in [0.25, 0.3) is 0 Å². The van der Waals surface area contributed by atoms with Crippen LogP contribution in [0.2, 0.25) is 0 Å². The van der Waals surface area contributed by atoms with E-state index in [1.54, 1.807) is 0 Å². The topological polar surface area (TPSA) is 97.1 Å². The number of ether oxygens (including phenoxy) is 2. The summed E-state index contributed by atoms with van der Waals surface area (Å²) in [5.41, 5.74) is 0. The highest BCUT2D eigenvalue weighted by atomic mass is 32.3. The van der Waals surface area contributed by atoms with E-state index in [4.69, 9.17) is 9.47 Å². The molecule has 0 radical (unpaired) electrons. The summed E-state index contributed by atoms with van der Waals surface area (Å²) in [6.07, 6.45) is 11.9. The quantitative estimate of drug-likeness (QED) is 0.269. The molecule has 0 aromatic carbocycles. The number of unbranched alkanes of at least 4 members (excludes halogenated alkanes) is 7. The Morgan fingerprint density at radius 1 is 0.840 bits per heavy atom. The predicted octanol–water partition coefficient (Wildman–Crippen LogP) is 3.48. The second-order valence-electron chi connectivity index (χ2n) is 6.16. The van der Waals surface area contributed by atoms with Gasteiger partial charge in [-0.1, -0.05) is 65.2 Å². The molecule has 0 saturated carbocycles. The van der Waals surface area contributed by atoms with Gasteiger partial charge in [-0.3, -0.25) is 0 Å². The van der Waals surface area contributed by atoms with Crippen molar-refractivity contribution in [2.75, 3.05) is 26.4 Å². The van der Waals surface area contributed by atoms with E-state index in [0.717, 1.165) is 19.3 Å². The zero-order valence-corrected chi connectivity index (χ0v) is 16.7. The van der Waals surface area contributed by atoms with E-state index in [2.05, 4.69) is 28.2 Å². The summed E-state index contributed by atoms with van der Waals surface area (Å²) < 4.78 is 41.3. The first-order valence-electron chi connectivity index (χ1n) is 9.52. The molecule has 0 spiro atoms. The fourth-order valence-corrected chi connectivity index (χ4v) is 2.79. The zero-order valence-electron chi connectivity index (χ0n) is 15.9. The van der Waals surface area contributed by atoms with Gasteiger partial charge in [0.1, 0.15) is 0 Å². The molecule has 0 heterocycles. The lowest BCUT2D eigenvalue weighted by Crippen LogP contribution is -2.24. The lowest BCUT2D eigenvalue weighted by molar-refractivity contribution is -0.0303. The van der Waals surface area contributed by atoms with Crippen LogP contribution < -0.4 is 5.90 Å². The largest absolute Gasteiger partial charge is 0.415 e. The zero-order chi connectivity index (χ0) is 18.8. The Hall–Kier alpha value is -0.250. The summed E-state index contributed by atoms with van der Waals surface area (Å²) in [6.45, 7) is 5.53. The predicted molar refractivity (Wildman–Crippen MR) is 98.2 cm³/mol. The van der Waals surface area contributed by atoms with Crippen LogP contribution in [0.5, 0.6) is 0 Å². The molecule has 25 heavy (non-hydrogen) atoms. The van der Waals surface area contributed by atoms with E-state index in [9.17, 15) is 8.42 Å². The van der Waals surface area contributed by atoms with Crippen molar-refractivity contribution in [3.8, 4) is 0 Å². The lowest BCUT2D eigenvalue weighted by Gasteiger charge is -2.18. The molecular formula is C17H37NO6S. The number of nitrogens with two attached hydrogens (primary N) is 1. The van der Waals surface area contributed by atoms with Crippen LogP contribution in [0.25, 0.3) is 0 Å². The van der Waals surface area contributed by atoms with E-state index in [0.29, 0.717) is 13.2 Å². The normalized spacial score (nSPS) is 13.2. The Kier molecular flexibility index (Phi) is 17.0. The standard InChI is InChI=1S/C17H37NO6S/c1-3-5-6-7-8-9-10-11-12-17(16-21-13-4-2)22-14-15-23-25(19,20)24-18/h17H,3-16,18H2,1-2H3. The summed E-state index contributed by atoms with van der Waals surface area (Å²) in [4.78, 5) is 0. The Morgan fingerprint density at radius 2 is 1.48 bits per heavy atom. The molecule has 0 aliphatic heterocycles. The number of rotatable bonds is 19. The molecule has 0 aliphatic rings. The SMILES string of the molecule is CCCCCCCCCCC(COCCC)OCCOS(=O)(=O)ON. The van der Waals surface area contributed by atoms with Crippen molar-refractivity contribution >= 4 is 10.4 Å². The van der Waals surface area contributed by atoms with Crippen LogP contribution in [-0.4, -0.2) is 40.9 Å². The van der Waals surface area contributed by atoms with E-state index in [-0.39, 0.29) is 19.3 Å². The van der Waals surface area contributed by atoms with Crippen molar-refractivity contribution in [2.24, 2.45) is 5.90 Å².